The van der Waals surface area contributed by atoms with Crippen LogP contribution in [0, 0.1) is 0 Å². The highest BCUT2D eigenvalue weighted by Crippen LogP contribution is 2.13. The van der Waals surface area contributed by atoms with Crippen LogP contribution in [0.1, 0.15) is 58.3 Å². The van der Waals surface area contributed by atoms with Gasteiger partial charge >= 0.3 is 0 Å². The SMILES string of the molecule is CC(CNC(=O)CCC1CCCCN1)N1CCCCC1. The first-order chi connectivity index (χ1) is 9.75. The lowest BCUT2D eigenvalue weighted by Crippen LogP contribution is -2.44. The zero-order chi connectivity index (χ0) is 14.2. The predicted octanol–water partition coefficient (Wildman–Crippen LogP) is 1.90. The Morgan fingerprint density at radius 2 is 2.05 bits per heavy atom. The highest BCUT2D eigenvalue weighted by molar-refractivity contribution is 5.75. The van der Waals surface area contributed by atoms with Gasteiger partial charge in [-0.1, -0.05) is 12.8 Å². The fourth-order valence-corrected chi connectivity index (χ4v) is 3.31. The summed E-state index contributed by atoms with van der Waals surface area (Å²) in [7, 11) is 0. The van der Waals surface area contributed by atoms with Gasteiger partial charge in [-0.15, -0.1) is 0 Å². The van der Waals surface area contributed by atoms with E-state index in [0.717, 1.165) is 19.5 Å². The van der Waals surface area contributed by atoms with Gasteiger partial charge in [0.2, 0.25) is 5.91 Å². The van der Waals surface area contributed by atoms with Crippen LogP contribution < -0.4 is 10.6 Å². The van der Waals surface area contributed by atoms with Gasteiger partial charge in [0.25, 0.3) is 0 Å². The molecule has 2 aliphatic rings. The molecule has 2 saturated heterocycles. The average molecular weight is 281 g/mol. The van der Waals surface area contributed by atoms with Gasteiger partial charge in [-0.05, 0) is 58.7 Å². The molecule has 2 rings (SSSR count). The number of nitrogens with zero attached hydrogens (tertiary/aromatic N) is 1. The van der Waals surface area contributed by atoms with Crippen LogP contribution in [-0.2, 0) is 4.79 Å². The van der Waals surface area contributed by atoms with Crippen molar-refractivity contribution in [3.05, 3.63) is 0 Å². The molecule has 0 aromatic heterocycles. The van der Waals surface area contributed by atoms with E-state index >= 15 is 0 Å². The topological polar surface area (TPSA) is 44.4 Å². The Labute approximate surface area is 123 Å². The van der Waals surface area contributed by atoms with E-state index in [2.05, 4.69) is 22.5 Å². The van der Waals surface area contributed by atoms with E-state index in [0.29, 0.717) is 18.5 Å². The van der Waals surface area contributed by atoms with Gasteiger partial charge in [0.15, 0.2) is 0 Å². The minimum Gasteiger partial charge on any atom is -0.355 e. The number of rotatable bonds is 6. The quantitative estimate of drug-likeness (QED) is 0.781. The van der Waals surface area contributed by atoms with E-state index in [1.807, 2.05) is 0 Å². The Hall–Kier alpha value is -0.610. The summed E-state index contributed by atoms with van der Waals surface area (Å²) >= 11 is 0. The summed E-state index contributed by atoms with van der Waals surface area (Å²) in [6.45, 7) is 6.55. The molecule has 0 spiro atoms. The van der Waals surface area contributed by atoms with E-state index in [-0.39, 0.29) is 5.91 Å². The van der Waals surface area contributed by atoms with Crippen LogP contribution in [-0.4, -0.2) is 49.1 Å². The first-order valence-corrected chi connectivity index (χ1v) is 8.50. The van der Waals surface area contributed by atoms with E-state index < -0.39 is 0 Å². The van der Waals surface area contributed by atoms with Gasteiger partial charge in [0, 0.05) is 25.0 Å². The monoisotopic (exact) mass is 281 g/mol. The molecule has 2 atom stereocenters. The molecule has 20 heavy (non-hydrogen) atoms. The summed E-state index contributed by atoms with van der Waals surface area (Å²) in [6, 6.07) is 1.04. The molecular formula is C16H31N3O. The van der Waals surface area contributed by atoms with Crippen LogP contribution >= 0.6 is 0 Å². The second-order valence-electron chi connectivity index (χ2n) is 6.44. The van der Waals surface area contributed by atoms with Gasteiger partial charge in [-0.2, -0.15) is 0 Å². The molecule has 0 aliphatic carbocycles. The van der Waals surface area contributed by atoms with Crippen molar-refractivity contribution < 1.29 is 4.79 Å². The standard InChI is InChI=1S/C16H31N3O/c1-14(19-11-5-2-6-12-19)13-18-16(20)9-8-15-7-3-4-10-17-15/h14-15,17H,2-13H2,1H3,(H,18,20). The maximum Gasteiger partial charge on any atom is 0.220 e. The summed E-state index contributed by atoms with van der Waals surface area (Å²) in [4.78, 5) is 14.4. The van der Waals surface area contributed by atoms with Gasteiger partial charge in [-0.25, -0.2) is 0 Å². The van der Waals surface area contributed by atoms with E-state index in [1.165, 1.54) is 51.6 Å². The predicted molar refractivity (Wildman–Crippen MR) is 82.8 cm³/mol. The highest BCUT2D eigenvalue weighted by atomic mass is 16.1. The number of carbonyl (C=O) groups is 1. The maximum atomic E-state index is 11.9. The summed E-state index contributed by atoms with van der Waals surface area (Å²) in [5.74, 6) is 0.223. The molecule has 0 aromatic carbocycles. The van der Waals surface area contributed by atoms with Gasteiger partial charge in [-0.3, -0.25) is 9.69 Å². The van der Waals surface area contributed by atoms with E-state index in [1.54, 1.807) is 0 Å². The fraction of sp³-hybridized carbons (Fsp3) is 0.938. The number of amides is 1. The van der Waals surface area contributed by atoms with Gasteiger partial charge in [0.1, 0.15) is 0 Å². The number of piperidine rings is 2. The minimum absolute atomic E-state index is 0.223. The number of carbonyl (C=O) groups excluding carboxylic acids is 1. The van der Waals surface area contributed by atoms with Crippen LogP contribution in [0.5, 0.6) is 0 Å². The van der Waals surface area contributed by atoms with Crippen LogP contribution in [0.25, 0.3) is 0 Å². The van der Waals surface area contributed by atoms with Crippen LogP contribution in [0.2, 0.25) is 0 Å². The number of nitrogens with one attached hydrogen (secondary N) is 2. The Kier molecular flexibility index (Phi) is 6.80. The van der Waals surface area contributed by atoms with E-state index in [9.17, 15) is 4.79 Å². The lowest BCUT2D eigenvalue weighted by atomic mass is 10.0. The number of hydrogen-bond acceptors (Lipinski definition) is 3. The molecule has 2 N–H and O–H groups in total. The Balaban J connectivity index is 1.56. The second kappa shape index (κ2) is 8.63. The third-order valence-electron chi connectivity index (χ3n) is 4.74. The van der Waals surface area contributed by atoms with Crippen LogP contribution in [0.4, 0.5) is 0 Å². The molecule has 2 fully saturated rings. The molecule has 2 aliphatic heterocycles. The zero-order valence-electron chi connectivity index (χ0n) is 13.0. The molecule has 0 saturated carbocycles. The Morgan fingerprint density at radius 3 is 2.75 bits per heavy atom. The van der Waals surface area contributed by atoms with Crippen LogP contribution in [0.3, 0.4) is 0 Å². The highest BCUT2D eigenvalue weighted by Gasteiger charge is 2.18. The van der Waals surface area contributed by atoms with Crippen molar-refractivity contribution >= 4 is 5.91 Å². The Morgan fingerprint density at radius 1 is 1.25 bits per heavy atom. The van der Waals surface area contributed by atoms with Crippen molar-refractivity contribution in [3.63, 3.8) is 0 Å². The van der Waals surface area contributed by atoms with Crippen molar-refractivity contribution in [1.29, 1.82) is 0 Å². The molecular weight excluding hydrogens is 250 g/mol. The molecule has 1 amide bonds. The molecule has 2 heterocycles. The molecule has 0 bridgehead atoms. The average Bonchev–Trinajstić information content (AvgIpc) is 2.52. The molecule has 4 heteroatoms. The van der Waals surface area contributed by atoms with Crippen molar-refractivity contribution in [3.8, 4) is 0 Å². The number of hydrogen-bond donors (Lipinski definition) is 2. The molecule has 0 radical (unpaired) electrons. The molecule has 4 nitrogen and oxygen atoms in total. The van der Waals surface area contributed by atoms with Crippen molar-refractivity contribution in [2.45, 2.75) is 70.4 Å². The zero-order valence-corrected chi connectivity index (χ0v) is 13.0. The maximum absolute atomic E-state index is 11.9. The normalized spacial score (nSPS) is 26.1. The summed E-state index contributed by atoms with van der Waals surface area (Å²) in [6.07, 6.45) is 9.48. The Bertz CT molecular complexity index is 283. The van der Waals surface area contributed by atoms with Crippen molar-refractivity contribution in [1.82, 2.24) is 15.5 Å². The third-order valence-corrected chi connectivity index (χ3v) is 4.74. The lowest BCUT2D eigenvalue weighted by molar-refractivity contribution is -0.121. The fourth-order valence-electron chi connectivity index (χ4n) is 3.31. The van der Waals surface area contributed by atoms with Crippen molar-refractivity contribution in [2.75, 3.05) is 26.2 Å². The van der Waals surface area contributed by atoms with Gasteiger partial charge < -0.3 is 10.6 Å². The lowest BCUT2D eigenvalue weighted by Gasteiger charge is -2.32. The minimum atomic E-state index is 0.223. The smallest absolute Gasteiger partial charge is 0.220 e. The molecule has 116 valence electrons. The second-order valence-corrected chi connectivity index (χ2v) is 6.44. The first kappa shape index (κ1) is 15.8. The van der Waals surface area contributed by atoms with Crippen LogP contribution in [0.15, 0.2) is 0 Å². The number of likely N-dealkylation sites (tertiary alicyclic amines) is 1. The largest absolute Gasteiger partial charge is 0.355 e. The van der Waals surface area contributed by atoms with Gasteiger partial charge in [0.05, 0.1) is 0 Å². The summed E-state index contributed by atoms with van der Waals surface area (Å²) < 4.78 is 0. The summed E-state index contributed by atoms with van der Waals surface area (Å²) in [5.41, 5.74) is 0. The summed E-state index contributed by atoms with van der Waals surface area (Å²) in [5, 5.41) is 6.61. The first-order valence-electron chi connectivity index (χ1n) is 8.50. The third kappa shape index (κ3) is 5.41. The van der Waals surface area contributed by atoms with E-state index in [4.69, 9.17) is 0 Å². The van der Waals surface area contributed by atoms with Crippen molar-refractivity contribution in [2.24, 2.45) is 0 Å². The molecule has 0 aromatic rings. The molecule has 2 unspecified atom stereocenters.